The van der Waals surface area contributed by atoms with Gasteiger partial charge in [0.15, 0.2) is 0 Å². The first-order chi connectivity index (χ1) is 9.97. The monoisotopic (exact) mass is 292 g/mol. The Labute approximate surface area is 130 Å². The lowest BCUT2D eigenvalue weighted by Crippen LogP contribution is -2.53. The van der Waals surface area contributed by atoms with Gasteiger partial charge in [0, 0.05) is 18.2 Å². The van der Waals surface area contributed by atoms with Crippen LogP contribution in [0.3, 0.4) is 0 Å². The predicted octanol–water partition coefficient (Wildman–Crippen LogP) is 3.71. The highest BCUT2D eigenvalue weighted by Crippen LogP contribution is 2.32. The van der Waals surface area contributed by atoms with Crippen LogP contribution in [0.5, 0.6) is 0 Å². The largest absolute Gasteiger partial charge is 0.319 e. The Morgan fingerprint density at radius 3 is 2.62 bits per heavy atom. The zero-order chi connectivity index (χ0) is 15.6. The van der Waals surface area contributed by atoms with E-state index in [2.05, 4.69) is 37.9 Å². The van der Waals surface area contributed by atoms with Crippen molar-refractivity contribution in [1.82, 2.24) is 10.2 Å². The molecule has 1 amide bonds. The van der Waals surface area contributed by atoms with Crippen LogP contribution in [-0.2, 0) is 4.79 Å². The van der Waals surface area contributed by atoms with Crippen LogP contribution >= 0.6 is 0 Å². The van der Waals surface area contributed by atoms with Crippen LogP contribution < -0.4 is 5.32 Å². The van der Waals surface area contributed by atoms with E-state index in [-0.39, 0.29) is 12.1 Å². The van der Waals surface area contributed by atoms with Crippen molar-refractivity contribution in [3.05, 3.63) is 11.1 Å². The molecule has 2 rings (SSSR count). The summed E-state index contributed by atoms with van der Waals surface area (Å²) in [6.45, 7) is 11.9. The summed E-state index contributed by atoms with van der Waals surface area (Å²) < 4.78 is 0. The third kappa shape index (κ3) is 3.33. The molecule has 0 saturated heterocycles. The minimum Gasteiger partial charge on any atom is -0.319 e. The summed E-state index contributed by atoms with van der Waals surface area (Å²) in [5.74, 6) is 1.70. The number of unbranched alkanes of at least 4 members (excludes halogenated alkanes) is 1. The summed E-state index contributed by atoms with van der Waals surface area (Å²) in [6, 6.07) is 0.538. The van der Waals surface area contributed by atoms with Gasteiger partial charge in [0.2, 0.25) is 0 Å². The van der Waals surface area contributed by atoms with E-state index in [0.29, 0.717) is 12.0 Å². The van der Waals surface area contributed by atoms with Crippen molar-refractivity contribution in [2.24, 2.45) is 11.8 Å². The van der Waals surface area contributed by atoms with Gasteiger partial charge in [-0.1, -0.05) is 40.0 Å². The highest BCUT2D eigenvalue weighted by molar-refractivity contribution is 5.96. The molecule has 3 nitrogen and oxygen atoms in total. The van der Waals surface area contributed by atoms with E-state index >= 15 is 0 Å². The molecule has 1 heterocycles. The first kappa shape index (κ1) is 16.5. The number of hydrogen-bond donors (Lipinski definition) is 1. The minimum absolute atomic E-state index is 0.127. The second kappa shape index (κ2) is 6.95. The summed E-state index contributed by atoms with van der Waals surface area (Å²) in [7, 11) is 0. The van der Waals surface area contributed by atoms with Gasteiger partial charge in [-0.15, -0.1) is 0 Å². The molecule has 1 fully saturated rings. The van der Waals surface area contributed by atoms with Crippen LogP contribution in [0.4, 0.5) is 0 Å². The van der Waals surface area contributed by atoms with E-state index in [0.717, 1.165) is 30.9 Å². The van der Waals surface area contributed by atoms with Gasteiger partial charge in [-0.3, -0.25) is 10.1 Å². The molecule has 0 aromatic carbocycles. The van der Waals surface area contributed by atoms with E-state index in [1.807, 2.05) is 6.92 Å². The number of carbonyl (C=O) groups is 1. The fourth-order valence-electron chi connectivity index (χ4n) is 3.73. The first-order valence-corrected chi connectivity index (χ1v) is 8.71. The number of nitrogens with zero attached hydrogens (tertiary/aromatic N) is 1. The second-order valence-electron chi connectivity index (χ2n) is 7.10. The maximum absolute atomic E-state index is 12.4. The number of amides is 1. The summed E-state index contributed by atoms with van der Waals surface area (Å²) in [6.07, 6.45) is 6.23. The molecule has 0 unspecified atom stereocenters. The highest BCUT2D eigenvalue weighted by atomic mass is 16.2. The first-order valence-electron chi connectivity index (χ1n) is 8.71. The third-order valence-corrected chi connectivity index (χ3v) is 5.73. The van der Waals surface area contributed by atoms with Gasteiger partial charge < -0.3 is 4.90 Å². The Morgan fingerprint density at radius 2 is 1.95 bits per heavy atom. The van der Waals surface area contributed by atoms with Crippen molar-refractivity contribution < 1.29 is 4.79 Å². The molecule has 1 saturated carbocycles. The van der Waals surface area contributed by atoms with E-state index in [9.17, 15) is 4.79 Å². The Hall–Kier alpha value is -0.830. The molecule has 1 N–H and O–H groups in total. The average molecular weight is 292 g/mol. The Bertz CT molecular complexity index is 415. The van der Waals surface area contributed by atoms with Gasteiger partial charge in [-0.05, 0) is 44.1 Å². The SMILES string of the molecule is CCCCN1C(=O)C(C)=C(C)[C@@H]1N[C@@H]1CCC[C@@H](C)[C@@H]1C. The van der Waals surface area contributed by atoms with Gasteiger partial charge in [0.25, 0.3) is 5.91 Å². The Kier molecular flexibility index (Phi) is 5.48. The maximum Gasteiger partial charge on any atom is 0.251 e. The normalized spacial score (nSPS) is 34.0. The molecule has 0 aromatic rings. The molecule has 4 atom stereocenters. The molecular formula is C18H32N2O. The van der Waals surface area contributed by atoms with Gasteiger partial charge >= 0.3 is 0 Å². The fourth-order valence-corrected chi connectivity index (χ4v) is 3.73. The van der Waals surface area contributed by atoms with Crippen molar-refractivity contribution in [1.29, 1.82) is 0 Å². The van der Waals surface area contributed by atoms with Crippen molar-refractivity contribution in [2.45, 2.75) is 78.9 Å². The quantitative estimate of drug-likeness (QED) is 0.838. The lowest BCUT2D eigenvalue weighted by molar-refractivity contribution is -0.127. The van der Waals surface area contributed by atoms with E-state index < -0.39 is 0 Å². The molecule has 120 valence electrons. The lowest BCUT2D eigenvalue weighted by Gasteiger charge is -2.39. The van der Waals surface area contributed by atoms with Crippen LogP contribution in [0.2, 0.25) is 0 Å². The molecule has 0 aromatic heterocycles. The van der Waals surface area contributed by atoms with Crippen LogP contribution in [0, 0.1) is 11.8 Å². The van der Waals surface area contributed by atoms with E-state index in [4.69, 9.17) is 0 Å². The van der Waals surface area contributed by atoms with Crippen LogP contribution in [0.25, 0.3) is 0 Å². The molecule has 0 radical (unpaired) electrons. The molecule has 1 aliphatic heterocycles. The summed E-state index contributed by atoms with van der Waals surface area (Å²) in [4.78, 5) is 14.5. The molecular weight excluding hydrogens is 260 g/mol. The number of nitrogens with one attached hydrogen (secondary N) is 1. The predicted molar refractivity (Wildman–Crippen MR) is 87.9 cm³/mol. The summed E-state index contributed by atoms with van der Waals surface area (Å²) >= 11 is 0. The van der Waals surface area contributed by atoms with E-state index in [1.165, 1.54) is 24.8 Å². The van der Waals surface area contributed by atoms with Gasteiger partial charge in [0.05, 0.1) is 0 Å². The number of carbonyl (C=O) groups excluding carboxylic acids is 1. The standard InChI is InChI=1S/C18H32N2O/c1-6-7-11-20-17(14(4)15(5)18(20)21)19-16-10-8-9-12(2)13(16)3/h12-13,16-17,19H,6-11H2,1-5H3/t12-,13+,16-,17-/m1/s1. The van der Waals surface area contributed by atoms with Crippen molar-refractivity contribution in [3.63, 3.8) is 0 Å². The van der Waals surface area contributed by atoms with Gasteiger partial charge in [-0.2, -0.15) is 0 Å². The zero-order valence-electron chi connectivity index (χ0n) is 14.4. The maximum atomic E-state index is 12.4. The third-order valence-electron chi connectivity index (χ3n) is 5.73. The van der Waals surface area contributed by atoms with E-state index in [1.54, 1.807) is 0 Å². The molecule has 2 aliphatic rings. The molecule has 0 spiro atoms. The summed E-state index contributed by atoms with van der Waals surface area (Å²) in [5, 5.41) is 3.81. The van der Waals surface area contributed by atoms with Gasteiger partial charge in [0.1, 0.15) is 6.17 Å². The second-order valence-corrected chi connectivity index (χ2v) is 7.10. The van der Waals surface area contributed by atoms with Crippen LogP contribution in [-0.4, -0.2) is 29.6 Å². The molecule has 3 heteroatoms. The topological polar surface area (TPSA) is 32.3 Å². The zero-order valence-corrected chi connectivity index (χ0v) is 14.4. The van der Waals surface area contributed by atoms with Crippen LogP contribution in [0.1, 0.15) is 66.7 Å². The lowest BCUT2D eigenvalue weighted by atomic mass is 9.78. The van der Waals surface area contributed by atoms with Crippen molar-refractivity contribution in [3.8, 4) is 0 Å². The van der Waals surface area contributed by atoms with Gasteiger partial charge in [-0.25, -0.2) is 0 Å². The summed E-state index contributed by atoms with van der Waals surface area (Å²) in [5.41, 5.74) is 2.17. The number of rotatable bonds is 5. The smallest absolute Gasteiger partial charge is 0.251 e. The molecule has 0 bridgehead atoms. The average Bonchev–Trinajstić information content (AvgIpc) is 2.66. The molecule has 21 heavy (non-hydrogen) atoms. The Balaban J connectivity index is 2.09. The number of hydrogen-bond acceptors (Lipinski definition) is 2. The van der Waals surface area contributed by atoms with Crippen molar-refractivity contribution in [2.75, 3.05) is 6.54 Å². The fraction of sp³-hybridized carbons (Fsp3) is 0.833. The molecule has 1 aliphatic carbocycles. The van der Waals surface area contributed by atoms with Crippen molar-refractivity contribution >= 4 is 5.91 Å². The minimum atomic E-state index is 0.127. The highest BCUT2D eigenvalue weighted by Gasteiger charge is 2.37. The van der Waals surface area contributed by atoms with Crippen LogP contribution in [0.15, 0.2) is 11.1 Å². The Morgan fingerprint density at radius 1 is 1.24 bits per heavy atom.